The predicted molar refractivity (Wildman–Crippen MR) is 76.3 cm³/mol. The van der Waals surface area contributed by atoms with Gasteiger partial charge in [0.1, 0.15) is 5.82 Å². The van der Waals surface area contributed by atoms with Crippen LogP contribution >= 0.6 is 0 Å². The van der Waals surface area contributed by atoms with Gasteiger partial charge in [-0.1, -0.05) is 18.2 Å². The van der Waals surface area contributed by atoms with Crippen molar-refractivity contribution in [3.63, 3.8) is 0 Å². The fourth-order valence-electron chi connectivity index (χ4n) is 2.14. The third-order valence-corrected chi connectivity index (χ3v) is 3.17. The molecule has 0 radical (unpaired) electrons. The Hall–Kier alpha value is -2.38. The largest absolute Gasteiger partial charge is 0.389 e. The Bertz CT molecular complexity index is 662. The van der Waals surface area contributed by atoms with Crippen LogP contribution in [-0.2, 0) is 0 Å². The van der Waals surface area contributed by atoms with Gasteiger partial charge in [-0.15, -0.1) is 0 Å². The molecular formula is C16H15FN2O. The van der Waals surface area contributed by atoms with Crippen LogP contribution < -0.4 is 4.90 Å². The molecule has 0 bridgehead atoms. The van der Waals surface area contributed by atoms with Gasteiger partial charge >= 0.3 is 0 Å². The highest BCUT2D eigenvalue weighted by Gasteiger charge is 2.17. The van der Waals surface area contributed by atoms with Gasteiger partial charge in [-0.05, 0) is 31.2 Å². The van der Waals surface area contributed by atoms with Crippen molar-refractivity contribution in [1.82, 2.24) is 0 Å². The second kappa shape index (κ2) is 5.72. The lowest BCUT2D eigenvalue weighted by molar-refractivity contribution is 0.199. The zero-order valence-corrected chi connectivity index (χ0v) is 11.3. The van der Waals surface area contributed by atoms with Crippen LogP contribution in [0.2, 0.25) is 0 Å². The third-order valence-electron chi connectivity index (χ3n) is 3.17. The molecule has 0 aliphatic heterocycles. The number of para-hydroxylation sites is 1. The summed E-state index contributed by atoms with van der Waals surface area (Å²) in [7, 11) is 1.71. The van der Waals surface area contributed by atoms with E-state index in [4.69, 9.17) is 5.26 Å². The fourth-order valence-corrected chi connectivity index (χ4v) is 2.14. The van der Waals surface area contributed by atoms with E-state index >= 15 is 0 Å². The predicted octanol–water partition coefficient (Wildman–Crippen LogP) is 3.52. The van der Waals surface area contributed by atoms with E-state index in [1.165, 1.54) is 6.07 Å². The van der Waals surface area contributed by atoms with Gasteiger partial charge in [0.15, 0.2) is 0 Å². The molecule has 102 valence electrons. The molecule has 2 aromatic rings. The molecule has 0 saturated heterocycles. The summed E-state index contributed by atoms with van der Waals surface area (Å²) in [6.07, 6.45) is -0.776. The average molecular weight is 270 g/mol. The Morgan fingerprint density at radius 3 is 2.60 bits per heavy atom. The Balaban J connectivity index is 2.53. The molecule has 1 N–H and O–H groups in total. The summed E-state index contributed by atoms with van der Waals surface area (Å²) in [5.41, 5.74) is 2.02. The number of benzene rings is 2. The molecule has 0 unspecified atom stereocenters. The molecule has 1 atom stereocenters. The van der Waals surface area contributed by atoms with E-state index in [0.717, 1.165) is 0 Å². The third kappa shape index (κ3) is 2.63. The molecule has 0 spiro atoms. The molecule has 4 heteroatoms. The Labute approximate surface area is 117 Å². The number of aliphatic hydroxyl groups excluding tert-OH is 1. The van der Waals surface area contributed by atoms with E-state index in [2.05, 4.69) is 6.07 Å². The topological polar surface area (TPSA) is 47.3 Å². The first kappa shape index (κ1) is 14.0. The molecule has 0 aromatic heterocycles. The lowest BCUT2D eigenvalue weighted by Gasteiger charge is -2.24. The van der Waals surface area contributed by atoms with Crippen LogP contribution in [0.4, 0.5) is 15.8 Å². The van der Waals surface area contributed by atoms with Crippen LogP contribution in [0.15, 0.2) is 42.5 Å². The van der Waals surface area contributed by atoms with Gasteiger partial charge in [0.05, 0.1) is 23.4 Å². The van der Waals surface area contributed by atoms with Crippen molar-refractivity contribution in [1.29, 1.82) is 5.26 Å². The number of anilines is 2. The monoisotopic (exact) mass is 270 g/mol. The minimum atomic E-state index is -0.776. The molecule has 20 heavy (non-hydrogen) atoms. The van der Waals surface area contributed by atoms with Crippen molar-refractivity contribution in [2.24, 2.45) is 0 Å². The molecule has 0 heterocycles. The first-order valence-electron chi connectivity index (χ1n) is 6.25. The Morgan fingerprint density at radius 2 is 1.95 bits per heavy atom. The molecule has 0 aliphatic carbocycles. The van der Waals surface area contributed by atoms with E-state index in [0.29, 0.717) is 22.5 Å². The molecule has 0 saturated carbocycles. The summed E-state index contributed by atoms with van der Waals surface area (Å²) in [6, 6.07) is 13.6. The fraction of sp³-hybridized carbons (Fsp3) is 0.188. The van der Waals surface area contributed by atoms with Crippen molar-refractivity contribution < 1.29 is 9.50 Å². The number of hydrogen-bond acceptors (Lipinski definition) is 3. The number of hydrogen-bond donors (Lipinski definition) is 1. The Morgan fingerprint density at radius 1 is 1.25 bits per heavy atom. The van der Waals surface area contributed by atoms with Gasteiger partial charge in [0.2, 0.25) is 0 Å². The summed E-state index contributed by atoms with van der Waals surface area (Å²) < 4.78 is 14.1. The zero-order valence-electron chi connectivity index (χ0n) is 11.3. The van der Waals surface area contributed by atoms with E-state index < -0.39 is 11.9 Å². The number of rotatable bonds is 3. The van der Waals surface area contributed by atoms with E-state index in [1.54, 1.807) is 55.3 Å². The molecule has 2 aromatic carbocycles. The molecular weight excluding hydrogens is 255 g/mol. The SMILES string of the molecule is C[C@H](O)c1cccc(F)c1N(C)c1cccc(C#N)c1. The van der Waals surface area contributed by atoms with Gasteiger partial charge in [-0.25, -0.2) is 4.39 Å². The van der Waals surface area contributed by atoms with E-state index in [-0.39, 0.29) is 0 Å². The second-order valence-corrected chi connectivity index (χ2v) is 4.57. The quantitative estimate of drug-likeness (QED) is 0.928. The number of nitriles is 1. The number of nitrogens with zero attached hydrogens (tertiary/aromatic N) is 2. The highest BCUT2D eigenvalue weighted by atomic mass is 19.1. The highest BCUT2D eigenvalue weighted by molar-refractivity contribution is 5.67. The average Bonchev–Trinajstić information content (AvgIpc) is 2.46. The van der Waals surface area contributed by atoms with Crippen molar-refractivity contribution in [3.8, 4) is 6.07 Å². The lowest BCUT2D eigenvalue weighted by atomic mass is 10.1. The summed E-state index contributed by atoms with van der Waals surface area (Å²) in [5, 5.41) is 18.7. The maximum absolute atomic E-state index is 14.1. The summed E-state index contributed by atoms with van der Waals surface area (Å²) in [6.45, 7) is 1.60. The van der Waals surface area contributed by atoms with Crippen molar-refractivity contribution >= 4 is 11.4 Å². The number of aliphatic hydroxyl groups is 1. The maximum Gasteiger partial charge on any atom is 0.147 e. The highest BCUT2D eigenvalue weighted by Crippen LogP contribution is 2.33. The first-order chi connectivity index (χ1) is 9.54. The molecule has 2 rings (SSSR count). The van der Waals surface area contributed by atoms with E-state index in [1.807, 2.05) is 0 Å². The standard InChI is InChI=1S/C16H15FN2O/c1-11(20)14-7-4-8-15(17)16(14)19(2)13-6-3-5-12(9-13)10-18/h3-9,11,20H,1-2H3/t11-/m0/s1. The van der Waals surface area contributed by atoms with Crippen molar-refractivity contribution in [2.45, 2.75) is 13.0 Å². The van der Waals surface area contributed by atoms with Gasteiger partial charge < -0.3 is 10.0 Å². The van der Waals surface area contributed by atoms with Crippen LogP contribution in [0.1, 0.15) is 24.2 Å². The minimum Gasteiger partial charge on any atom is -0.389 e. The van der Waals surface area contributed by atoms with Crippen LogP contribution in [0.25, 0.3) is 0 Å². The van der Waals surface area contributed by atoms with Crippen LogP contribution in [0.5, 0.6) is 0 Å². The molecule has 0 fully saturated rings. The normalized spacial score (nSPS) is 11.8. The Kier molecular flexibility index (Phi) is 4.02. The second-order valence-electron chi connectivity index (χ2n) is 4.57. The van der Waals surface area contributed by atoms with Gasteiger partial charge in [0, 0.05) is 18.3 Å². The zero-order chi connectivity index (χ0) is 14.7. The molecule has 3 nitrogen and oxygen atoms in total. The van der Waals surface area contributed by atoms with Gasteiger partial charge in [-0.3, -0.25) is 0 Å². The maximum atomic E-state index is 14.1. The minimum absolute atomic E-state index is 0.317. The smallest absolute Gasteiger partial charge is 0.147 e. The van der Waals surface area contributed by atoms with Crippen LogP contribution in [-0.4, -0.2) is 12.2 Å². The van der Waals surface area contributed by atoms with Gasteiger partial charge in [0.25, 0.3) is 0 Å². The van der Waals surface area contributed by atoms with E-state index in [9.17, 15) is 9.50 Å². The molecule has 0 aliphatic rings. The lowest BCUT2D eigenvalue weighted by Crippen LogP contribution is -2.15. The van der Waals surface area contributed by atoms with Gasteiger partial charge in [-0.2, -0.15) is 5.26 Å². The van der Waals surface area contributed by atoms with Crippen molar-refractivity contribution in [3.05, 3.63) is 59.4 Å². The summed E-state index contributed by atoms with van der Waals surface area (Å²) in [5.74, 6) is -0.409. The molecule has 0 amide bonds. The van der Waals surface area contributed by atoms with Crippen LogP contribution in [0, 0.1) is 17.1 Å². The van der Waals surface area contributed by atoms with Crippen molar-refractivity contribution in [2.75, 3.05) is 11.9 Å². The summed E-state index contributed by atoms with van der Waals surface area (Å²) in [4.78, 5) is 1.64. The van der Waals surface area contributed by atoms with Crippen LogP contribution in [0.3, 0.4) is 0 Å². The number of halogens is 1. The summed E-state index contributed by atoms with van der Waals surface area (Å²) >= 11 is 0. The first-order valence-corrected chi connectivity index (χ1v) is 6.25.